The molecule has 1 saturated carbocycles. The lowest BCUT2D eigenvalue weighted by Gasteiger charge is -2.27. The summed E-state index contributed by atoms with van der Waals surface area (Å²) in [6, 6.07) is 0. The molecule has 0 aromatic carbocycles. The van der Waals surface area contributed by atoms with Gasteiger partial charge in [-0.1, -0.05) is 44.8 Å². The minimum atomic E-state index is 0.772. The molecule has 1 heteroatoms. The number of allylic oxidation sites excluding steroid dienone is 2. The van der Waals surface area contributed by atoms with E-state index in [4.69, 9.17) is 5.73 Å². The van der Waals surface area contributed by atoms with E-state index in [1.165, 1.54) is 44.9 Å². The number of hydrogen-bond donors (Lipinski definition) is 1. The highest BCUT2D eigenvalue weighted by atomic mass is 14.6. The second-order valence-corrected chi connectivity index (χ2v) is 7.29. The van der Waals surface area contributed by atoms with Crippen molar-refractivity contribution in [2.24, 2.45) is 35.3 Å². The van der Waals surface area contributed by atoms with Crippen LogP contribution in [0, 0.1) is 29.6 Å². The third kappa shape index (κ3) is 3.62. The van der Waals surface area contributed by atoms with Gasteiger partial charge in [0.15, 0.2) is 0 Å². The SMILES string of the molecule is C/C1=C/CCCCCC(C)C2CC(C1)C(C)C2CN. The van der Waals surface area contributed by atoms with Crippen LogP contribution in [0.2, 0.25) is 0 Å². The average Bonchev–Trinajstić information content (AvgIpc) is 2.69. The van der Waals surface area contributed by atoms with Crippen LogP contribution in [-0.4, -0.2) is 6.54 Å². The van der Waals surface area contributed by atoms with Gasteiger partial charge in [0.25, 0.3) is 0 Å². The van der Waals surface area contributed by atoms with Gasteiger partial charge in [0.1, 0.15) is 0 Å². The summed E-state index contributed by atoms with van der Waals surface area (Å²) in [5, 5.41) is 0. The summed E-state index contributed by atoms with van der Waals surface area (Å²) in [7, 11) is 0. The van der Waals surface area contributed by atoms with Crippen LogP contribution in [0.25, 0.3) is 0 Å². The van der Waals surface area contributed by atoms with Crippen molar-refractivity contribution in [2.75, 3.05) is 6.54 Å². The molecule has 0 aromatic heterocycles. The fraction of sp³-hybridized carbons (Fsp3) is 0.889. The zero-order chi connectivity index (χ0) is 13.8. The average molecular weight is 263 g/mol. The minimum Gasteiger partial charge on any atom is -0.330 e. The summed E-state index contributed by atoms with van der Waals surface area (Å²) in [5.74, 6) is 4.24. The summed E-state index contributed by atoms with van der Waals surface area (Å²) in [4.78, 5) is 0. The van der Waals surface area contributed by atoms with E-state index in [1.807, 2.05) is 0 Å². The normalized spacial score (nSPS) is 44.0. The Morgan fingerprint density at radius 3 is 2.74 bits per heavy atom. The molecule has 0 aliphatic heterocycles. The maximum atomic E-state index is 6.10. The first-order valence-electron chi connectivity index (χ1n) is 8.49. The molecule has 0 spiro atoms. The van der Waals surface area contributed by atoms with Gasteiger partial charge in [-0.25, -0.2) is 0 Å². The van der Waals surface area contributed by atoms with Crippen molar-refractivity contribution in [1.82, 2.24) is 0 Å². The van der Waals surface area contributed by atoms with Gasteiger partial charge in [-0.05, 0) is 68.7 Å². The van der Waals surface area contributed by atoms with Crippen LogP contribution in [0.1, 0.15) is 65.7 Å². The van der Waals surface area contributed by atoms with E-state index in [2.05, 4.69) is 26.8 Å². The predicted molar refractivity (Wildman–Crippen MR) is 83.9 cm³/mol. The van der Waals surface area contributed by atoms with Crippen molar-refractivity contribution in [3.8, 4) is 0 Å². The first-order chi connectivity index (χ1) is 9.13. The van der Waals surface area contributed by atoms with Crippen molar-refractivity contribution < 1.29 is 0 Å². The summed E-state index contributed by atoms with van der Waals surface area (Å²) in [5.41, 5.74) is 7.73. The van der Waals surface area contributed by atoms with Crippen molar-refractivity contribution in [2.45, 2.75) is 65.7 Å². The molecule has 0 radical (unpaired) electrons. The first-order valence-corrected chi connectivity index (χ1v) is 8.49. The Morgan fingerprint density at radius 1 is 1.21 bits per heavy atom. The van der Waals surface area contributed by atoms with Gasteiger partial charge in [-0.3, -0.25) is 0 Å². The van der Waals surface area contributed by atoms with Crippen LogP contribution in [-0.2, 0) is 0 Å². The van der Waals surface area contributed by atoms with Crippen molar-refractivity contribution >= 4 is 0 Å². The second-order valence-electron chi connectivity index (χ2n) is 7.29. The molecule has 2 N–H and O–H groups in total. The van der Waals surface area contributed by atoms with E-state index in [-0.39, 0.29) is 0 Å². The molecule has 5 unspecified atom stereocenters. The summed E-state index contributed by atoms with van der Waals surface area (Å²) >= 11 is 0. The molecule has 2 aliphatic carbocycles. The number of rotatable bonds is 1. The Hall–Kier alpha value is -0.300. The monoisotopic (exact) mass is 263 g/mol. The Labute approximate surface area is 120 Å². The van der Waals surface area contributed by atoms with Crippen LogP contribution >= 0.6 is 0 Å². The molecule has 5 atom stereocenters. The molecule has 0 aromatic rings. The lowest BCUT2D eigenvalue weighted by atomic mass is 9.80. The van der Waals surface area contributed by atoms with E-state index in [0.29, 0.717) is 0 Å². The fourth-order valence-corrected chi connectivity index (χ4v) is 4.64. The van der Waals surface area contributed by atoms with Crippen LogP contribution in [0.4, 0.5) is 0 Å². The molecular formula is C18H33N. The van der Waals surface area contributed by atoms with Crippen molar-refractivity contribution in [1.29, 1.82) is 0 Å². The molecule has 0 heterocycles. The third-order valence-electron chi connectivity index (χ3n) is 5.99. The molecule has 1 nitrogen and oxygen atoms in total. The van der Waals surface area contributed by atoms with Crippen LogP contribution in [0.5, 0.6) is 0 Å². The van der Waals surface area contributed by atoms with Gasteiger partial charge in [0.2, 0.25) is 0 Å². The van der Waals surface area contributed by atoms with Crippen LogP contribution < -0.4 is 5.73 Å². The first kappa shape index (κ1) is 15.1. The molecule has 1 fully saturated rings. The number of nitrogens with two attached hydrogens (primary N) is 1. The van der Waals surface area contributed by atoms with Crippen LogP contribution in [0.3, 0.4) is 0 Å². The Morgan fingerprint density at radius 2 is 2.00 bits per heavy atom. The Bertz CT molecular complexity index is 307. The topological polar surface area (TPSA) is 26.0 Å². The van der Waals surface area contributed by atoms with Gasteiger partial charge in [-0.2, -0.15) is 0 Å². The molecule has 19 heavy (non-hydrogen) atoms. The second kappa shape index (κ2) is 6.92. The molecule has 0 amide bonds. The van der Waals surface area contributed by atoms with Gasteiger partial charge < -0.3 is 5.73 Å². The van der Waals surface area contributed by atoms with Gasteiger partial charge in [0.05, 0.1) is 0 Å². The highest BCUT2D eigenvalue weighted by molar-refractivity contribution is 5.03. The standard InChI is InChI=1S/C18H33N/c1-13-8-6-4-5-7-9-14(2)17-11-16(10-13)15(3)18(17)12-19/h8,14-18H,4-7,9-12,19H2,1-3H3/b13-8-. The largest absolute Gasteiger partial charge is 0.330 e. The molecule has 2 rings (SSSR count). The maximum Gasteiger partial charge on any atom is -0.00435 e. The minimum absolute atomic E-state index is 0.772. The van der Waals surface area contributed by atoms with Gasteiger partial charge >= 0.3 is 0 Å². The summed E-state index contributed by atoms with van der Waals surface area (Å²) in [6.07, 6.45) is 12.2. The van der Waals surface area contributed by atoms with Crippen molar-refractivity contribution in [3.05, 3.63) is 11.6 Å². The van der Waals surface area contributed by atoms with E-state index in [0.717, 1.165) is 36.1 Å². The molecule has 2 bridgehead atoms. The smallest absolute Gasteiger partial charge is 0.00435 e. The number of hydrogen-bond acceptors (Lipinski definition) is 1. The van der Waals surface area contributed by atoms with E-state index in [1.54, 1.807) is 5.57 Å². The zero-order valence-corrected chi connectivity index (χ0v) is 13.2. The van der Waals surface area contributed by atoms with Gasteiger partial charge in [-0.15, -0.1) is 0 Å². The molecular weight excluding hydrogens is 230 g/mol. The van der Waals surface area contributed by atoms with E-state index >= 15 is 0 Å². The third-order valence-corrected chi connectivity index (χ3v) is 5.99. The molecule has 0 saturated heterocycles. The predicted octanol–water partition coefficient (Wildman–Crippen LogP) is 4.77. The zero-order valence-electron chi connectivity index (χ0n) is 13.2. The van der Waals surface area contributed by atoms with E-state index in [9.17, 15) is 0 Å². The summed E-state index contributed by atoms with van der Waals surface area (Å²) < 4.78 is 0. The highest BCUT2D eigenvalue weighted by Gasteiger charge is 2.41. The van der Waals surface area contributed by atoms with E-state index < -0.39 is 0 Å². The summed E-state index contributed by atoms with van der Waals surface area (Å²) in [6.45, 7) is 8.18. The Balaban J connectivity index is 2.13. The van der Waals surface area contributed by atoms with Gasteiger partial charge in [0, 0.05) is 0 Å². The fourth-order valence-electron chi connectivity index (χ4n) is 4.64. The molecule has 2 aliphatic rings. The lowest BCUT2D eigenvalue weighted by molar-refractivity contribution is 0.237. The van der Waals surface area contributed by atoms with Crippen molar-refractivity contribution in [3.63, 3.8) is 0 Å². The maximum absolute atomic E-state index is 6.10. The lowest BCUT2D eigenvalue weighted by Crippen LogP contribution is -2.27. The highest BCUT2D eigenvalue weighted by Crippen LogP contribution is 2.48. The Kier molecular flexibility index (Phi) is 5.50. The molecule has 110 valence electrons. The quantitative estimate of drug-likeness (QED) is 0.678. The number of fused-ring (bicyclic) bond motifs is 2. The van der Waals surface area contributed by atoms with Crippen LogP contribution in [0.15, 0.2) is 11.6 Å².